The summed E-state index contributed by atoms with van der Waals surface area (Å²) in [6, 6.07) is 24.5. The molecule has 4 aromatic rings. The molecule has 0 aliphatic heterocycles. The molecule has 4 rings (SSSR count). The van der Waals surface area contributed by atoms with Crippen molar-refractivity contribution in [3.05, 3.63) is 108 Å². The molecule has 0 aliphatic rings. The molecule has 7 heteroatoms. The van der Waals surface area contributed by atoms with E-state index in [0.29, 0.717) is 0 Å². The van der Waals surface area contributed by atoms with Crippen molar-refractivity contribution in [2.75, 3.05) is 13.2 Å². The van der Waals surface area contributed by atoms with Crippen molar-refractivity contribution in [2.45, 2.75) is 51.4 Å². The molecule has 0 amide bonds. The maximum absolute atomic E-state index is 12.5. The number of rotatable bonds is 12. The van der Waals surface area contributed by atoms with Gasteiger partial charge >= 0.3 is 0 Å². The van der Waals surface area contributed by atoms with E-state index in [1.165, 1.54) is 20.8 Å². The summed E-state index contributed by atoms with van der Waals surface area (Å²) in [6.07, 6.45) is 4.80. The van der Waals surface area contributed by atoms with Crippen LogP contribution < -0.4 is 9.68 Å². The van der Waals surface area contributed by atoms with Crippen LogP contribution in [0.4, 0.5) is 0 Å². The van der Waals surface area contributed by atoms with E-state index in [4.69, 9.17) is 9.68 Å². The van der Waals surface area contributed by atoms with Gasteiger partial charge in [-0.05, 0) is 34.1 Å². The fourth-order valence-corrected chi connectivity index (χ4v) is 4.32. The fourth-order valence-electron chi connectivity index (χ4n) is 4.32. The largest absolute Gasteiger partial charge is 0.388 e. The molecular weight excluding hydrogens is 452 g/mol. The van der Waals surface area contributed by atoms with E-state index in [2.05, 4.69) is 62.2 Å². The molecule has 0 aliphatic carbocycles. The summed E-state index contributed by atoms with van der Waals surface area (Å²) in [4.78, 5) is 26.8. The Hall–Kier alpha value is -3.87. The van der Waals surface area contributed by atoms with Gasteiger partial charge in [0.25, 0.3) is 0 Å². The van der Waals surface area contributed by atoms with Crippen LogP contribution in [-0.2, 0) is 28.5 Å². The molecule has 0 unspecified atom stereocenters. The van der Waals surface area contributed by atoms with Gasteiger partial charge < -0.3 is 9.68 Å². The van der Waals surface area contributed by atoms with Gasteiger partial charge in [0.05, 0.1) is 23.8 Å². The van der Waals surface area contributed by atoms with Crippen molar-refractivity contribution in [3.63, 3.8) is 0 Å². The van der Waals surface area contributed by atoms with E-state index in [0.717, 1.165) is 24.2 Å². The average molecular weight is 487 g/mol. The standard InChI is InChI=1S/C29H34N4O3/c1-28(2,23-11-7-5-8-12-23)19-25-15-17-30-32(25)35-21-27(34)22-36-33-26(16-18-31-33)20-29(3,4)24-13-9-6-10-14-24/h5-18H,19-22H2,1-4H3. The van der Waals surface area contributed by atoms with Crippen LogP contribution in [0.1, 0.15) is 50.2 Å². The highest BCUT2D eigenvalue weighted by molar-refractivity contribution is 5.80. The molecule has 188 valence electrons. The molecule has 0 radical (unpaired) electrons. The molecular formula is C29H34N4O3. The van der Waals surface area contributed by atoms with Crippen LogP contribution >= 0.6 is 0 Å². The lowest BCUT2D eigenvalue weighted by molar-refractivity contribution is -0.130. The third-order valence-electron chi connectivity index (χ3n) is 6.42. The van der Waals surface area contributed by atoms with Crippen LogP contribution in [-0.4, -0.2) is 38.9 Å². The Morgan fingerprint density at radius 3 is 1.44 bits per heavy atom. The summed E-state index contributed by atoms with van der Waals surface area (Å²) in [5, 5.41) is 8.49. The van der Waals surface area contributed by atoms with Gasteiger partial charge in [-0.3, -0.25) is 4.79 Å². The van der Waals surface area contributed by atoms with Crippen LogP contribution in [0.15, 0.2) is 85.2 Å². The highest BCUT2D eigenvalue weighted by Gasteiger charge is 2.25. The van der Waals surface area contributed by atoms with Gasteiger partial charge in [-0.15, -0.1) is 19.9 Å². The van der Waals surface area contributed by atoms with Gasteiger partial charge in [-0.2, -0.15) is 0 Å². The summed E-state index contributed by atoms with van der Waals surface area (Å²) in [6.45, 7) is 8.43. The second kappa shape index (κ2) is 10.8. The summed E-state index contributed by atoms with van der Waals surface area (Å²) in [5.74, 6) is -0.206. The first-order valence-corrected chi connectivity index (χ1v) is 12.2. The average Bonchev–Trinajstić information content (AvgIpc) is 3.50. The van der Waals surface area contributed by atoms with Gasteiger partial charge in [0.1, 0.15) is 0 Å². The van der Waals surface area contributed by atoms with Crippen molar-refractivity contribution < 1.29 is 14.5 Å². The fraction of sp³-hybridized carbons (Fsp3) is 0.345. The highest BCUT2D eigenvalue weighted by atomic mass is 16.7. The first kappa shape index (κ1) is 25.2. The minimum absolute atomic E-state index is 0.112. The molecule has 0 N–H and O–H groups in total. The minimum Gasteiger partial charge on any atom is -0.388 e. The molecule has 2 heterocycles. The number of Topliss-reactive ketones (excluding diaryl/α,β-unsaturated/α-hetero) is 1. The number of benzene rings is 2. The quantitative estimate of drug-likeness (QED) is 0.299. The first-order valence-electron chi connectivity index (χ1n) is 12.2. The number of hydrogen-bond acceptors (Lipinski definition) is 5. The van der Waals surface area contributed by atoms with Gasteiger partial charge in [-0.25, -0.2) is 0 Å². The van der Waals surface area contributed by atoms with Crippen molar-refractivity contribution in [1.82, 2.24) is 19.9 Å². The zero-order valence-electron chi connectivity index (χ0n) is 21.4. The van der Waals surface area contributed by atoms with E-state index >= 15 is 0 Å². The Morgan fingerprint density at radius 1 is 0.667 bits per heavy atom. The van der Waals surface area contributed by atoms with Crippen LogP contribution in [0.2, 0.25) is 0 Å². The molecule has 36 heavy (non-hydrogen) atoms. The third-order valence-corrected chi connectivity index (χ3v) is 6.42. The molecule has 2 aromatic heterocycles. The number of carbonyl (C=O) groups excluding carboxylic acids is 1. The summed E-state index contributed by atoms with van der Waals surface area (Å²) in [7, 11) is 0. The van der Waals surface area contributed by atoms with Gasteiger partial charge in [0.15, 0.2) is 13.2 Å². The number of nitrogens with zero attached hydrogens (tertiary/aromatic N) is 4. The first-order chi connectivity index (χ1) is 17.2. The Kier molecular flexibility index (Phi) is 7.58. The number of aromatic nitrogens is 4. The zero-order valence-corrected chi connectivity index (χ0v) is 21.4. The Labute approximate surface area is 212 Å². The predicted octanol–water partition coefficient (Wildman–Crippen LogP) is 4.25. The van der Waals surface area contributed by atoms with E-state index in [9.17, 15) is 4.79 Å². The molecule has 0 saturated heterocycles. The molecule has 0 bridgehead atoms. The summed E-state index contributed by atoms with van der Waals surface area (Å²) in [5.41, 5.74) is 4.03. The topological polar surface area (TPSA) is 71.2 Å². The SMILES string of the molecule is CC(C)(Cc1ccnn1OCC(=O)COn1nccc1CC(C)(C)c1ccccc1)c1ccccc1. The van der Waals surface area contributed by atoms with Gasteiger partial charge in [0.2, 0.25) is 5.78 Å². The van der Waals surface area contributed by atoms with Crippen molar-refractivity contribution >= 4 is 5.78 Å². The summed E-state index contributed by atoms with van der Waals surface area (Å²) >= 11 is 0. The zero-order chi connectivity index (χ0) is 25.6. The molecule has 0 saturated carbocycles. The van der Waals surface area contributed by atoms with Crippen LogP contribution in [0, 0.1) is 0 Å². The van der Waals surface area contributed by atoms with Crippen LogP contribution in [0.25, 0.3) is 0 Å². The lowest BCUT2D eigenvalue weighted by Gasteiger charge is -2.25. The molecule has 0 spiro atoms. The Balaban J connectivity index is 1.31. The van der Waals surface area contributed by atoms with Crippen molar-refractivity contribution in [3.8, 4) is 0 Å². The predicted molar refractivity (Wildman–Crippen MR) is 139 cm³/mol. The van der Waals surface area contributed by atoms with E-state index < -0.39 is 0 Å². The van der Waals surface area contributed by atoms with E-state index in [1.807, 2.05) is 48.5 Å². The van der Waals surface area contributed by atoms with Crippen molar-refractivity contribution in [2.24, 2.45) is 0 Å². The monoisotopic (exact) mass is 486 g/mol. The highest BCUT2D eigenvalue weighted by Crippen LogP contribution is 2.28. The Bertz CT molecular complexity index is 1160. The maximum Gasteiger partial charge on any atom is 0.213 e. The summed E-state index contributed by atoms with van der Waals surface area (Å²) < 4.78 is 0. The smallest absolute Gasteiger partial charge is 0.213 e. The van der Waals surface area contributed by atoms with Gasteiger partial charge in [0, 0.05) is 12.8 Å². The van der Waals surface area contributed by atoms with Gasteiger partial charge in [-0.1, -0.05) is 88.4 Å². The Morgan fingerprint density at radius 2 is 1.06 bits per heavy atom. The third kappa shape index (κ3) is 6.22. The number of carbonyl (C=O) groups is 1. The number of ketones is 1. The molecule has 0 fully saturated rings. The molecule has 7 nitrogen and oxygen atoms in total. The van der Waals surface area contributed by atoms with E-state index in [1.54, 1.807) is 12.4 Å². The lowest BCUT2D eigenvalue weighted by Crippen LogP contribution is -2.31. The molecule has 0 atom stereocenters. The number of hydrogen-bond donors (Lipinski definition) is 0. The second-order valence-electron chi connectivity index (χ2n) is 10.3. The lowest BCUT2D eigenvalue weighted by atomic mass is 9.80. The van der Waals surface area contributed by atoms with Crippen LogP contribution in [0.5, 0.6) is 0 Å². The van der Waals surface area contributed by atoms with E-state index in [-0.39, 0.29) is 29.8 Å². The second-order valence-corrected chi connectivity index (χ2v) is 10.3. The minimum atomic E-state index is -0.206. The van der Waals surface area contributed by atoms with Crippen LogP contribution in [0.3, 0.4) is 0 Å². The normalized spacial score (nSPS) is 11.9. The van der Waals surface area contributed by atoms with Crippen molar-refractivity contribution in [1.29, 1.82) is 0 Å². The maximum atomic E-state index is 12.5. The molecule has 2 aromatic carbocycles.